The Morgan fingerprint density at radius 1 is 1.12 bits per heavy atom. The molecule has 2 aromatic carbocycles. The second-order valence-electron chi connectivity index (χ2n) is 8.14. The zero-order chi connectivity index (χ0) is 24.6. The molecule has 2 N–H and O–H groups in total. The zero-order valence-corrected chi connectivity index (χ0v) is 20.7. The highest BCUT2D eigenvalue weighted by atomic mass is 32.2. The molecule has 1 saturated heterocycles. The molecule has 0 saturated carbocycles. The van der Waals surface area contributed by atoms with Gasteiger partial charge in [0.05, 0.1) is 43.6 Å². The zero-order valence-electron chi connectivity index (χ0n) is 19.9. The number of methoxy groups -OCH3 is 1. The number of morpholine rings is 1. The molecule has 1 amide bonds. The van der Waals surface area contributed by atoms with Crippen molar-refractivity contribution in [2.24, 2.45) is 0 Å². The SMILES string of the molecule is COc1ccc(CCNC(=O)CNc2cc(S(=O)(=O)N3CCOCC3)ccc2OC(C)C)cc1. The first-order valence-corrected chi connectivity index (χ1v) is 12.8. The Hall–Kier alpha value is -2.82. The summed E-state index contributed by atoms with van der Waals surface area (Å²) in [6, 6.07) is 12.4. The number of sulfonamides is 1. The summed E-state index contributed by atoms with van der Waals surface area (Å²) in [5.74, 6) is 1.07. The fourth-order valence-electron chi connectivity index (χ4n) is 3.48. The smallest absolute Gasteiger partial charge is 0.243 e. The van der Waals surface area contributed by atoms with Crippen molar-refractivity contribution in [2.75, 3.05) is 51.8 Å². The number of hydrogen-bond donors (Lipinski definition) is 2. The Morgan fingerprint density at radius 2 is 1.82 bits per heavy atom. The third-order valence-electron chi connectivity index (χ3n) is 5.26. The summed E-state index contributed by atoms with van der Waals surface area (Å²) in [4.78, 5) is 12.5. The molecule has 0 atom stereocenters. The quantitative estimate of drug-likeness (QED) is 0.497. The van der Waals surface area contributed by atoms with Gasteiger partial charge in [0.15, 0.2) is 0 Å². The van der Waals surface area contributed by atoms with Crippen LogP contribution in [0.3, 0.4) is 0 Å². The molecule has 3 rings (SSSR count). The normalized spacial score (nSPS) is 14.6. The number of rotatable bonds is 11. The molecular weight excluding hydrogens is 458 g/mol. The van der Waals surface area contributed by atoms with E-state index in [0.29, 0.717) is 50.7 Å². The lowest BCUT2D eigenvalue weighted by molar-refractivity contribution is -0.119. The Kier molecular flexibility index (Phi) is 9.14. The molecule has 1 heterocycles. The standard InChI is InChI=1S/C24H33N3O6S/c1-18(2)33-23-9-8-21(34(29,30)27-12-14-32-15-13-27)16-22(23)26-17-24(28)25-11-10-19-4-6-20(31-3)7-5-19/h4-9,16,18,26H,10-15,17H2,1-3H3,(H,25,28). The minimum Gasteiger partial charge on any atom is -0.497 e. The lowest BCUT2D eigenvalue weighted by Gasteiger charge is -2.26. The van der Waals surface area contributed by atoms with Crippen molar-refractivity contribution in [3.05, 3.63) is 48.0 Å². The van der Waals surface area contributed by atoms with Gasteiger partial charge in [-0.05, 0) is 56.2 Å². The average molecular weight is 492 g/mol. The number of anilines is 1. The Balaban J connectivity index is 1.62. The predicted octanol–water partition coefficient (Wildman–Crippen LogP) is 2.27. The Morgan fingerprint density at radius 3 is 2.47 bits per heavy atom. The van der Waals surface area contributed by atoms with E-state index < -0.39 is 10.0 Å². The van der Waals surface area contributed by atoms with Crippen LogP contribution in [0.1, 0.15) is 19.4 Å². The van der Waals surface area contributed by atoms with E-state index in [9.17, 15) is 13.2 Å². The van der Waals surface area contributed by atoms with Crippen molar-refractivity contribution >= 4 is 21.6 Å². The third kappa shape index (κ3) is 7.09. The maximum Gasteiger partial charge on any atom is 0.243 e. The van der Waals surface area contributed by atoms with Crippen molar-refractivity contribution < 1.29 is 27.4 Å². The van der Waals surface area contributed by atoms with Gasteiger partial charge in [-0.25, -0.2) is 8.42 Å². The molecule has 0 bridgehead atoms. The average Bonchev–Trinajstić information content (AvgIpc) is 2.84. The highest BCUT2D eigenvalue weighted by molar-refractivity contribution is 7.89. The third-order valence-corrected chi connectivity index (χ3v) is 7.15. The van der Waals surface area contributed by atoms with Crippen molar-refractivity contribution in [1.29, 1.82) is 0 Å². The summed E-state index contributed by atoms with van der Waals surface area (Å²) in [7, 11) is -2.05. The van der Waals surface area contributed by atoms with Gasteiger partial charge in [-0.3, -0.25) is 4.79 Å². The lowest BCUT2D eigenvalue weighted by Crippen LogP contribution is -2.40. The van der Waals surface area contributed by atoms with E-state index >= 15 is 0 Å². The van der Waals surface area contributed by atoms with Gasteiger partial charge in [-0.15, -0.1) is 0 Å². The molecule has 0 unspecified atom stereocenters. The van der Waals surface area contributed by atoms with Crippen LogP contribution in [-0.2, 0) is 26.0 Å². The van der Waals surface area contributed by atoms with Gasteiger partial charge >= 0.3 is 0 Å². The van der Waals surface area contributed by atoms with Crippen LogP contribution in [-0.4, -0.2) is 71.2 Å². The molecule has 0 radical (unpaired) electrons. The number of nitrogens with zero attached hydrogens (tertiary/aromatic N) is 1. The van der Waals surface area contributed by atoms with Gasteiger partial charge in [0, 0.05) is 19.6 Å². The van der Waals surface area contributed by atoms with Crippen LogP contribution in [0, 0.1) is 0 Å². The first-order chi connectivity index (χ1) is 16.3. The van der Waals surface area contributed by atoms with E-state index in [-0.39, 0.29) is 23.5 Å². The van der Waals surface area contributed by atoms with E-state index in [0.717, 1.165) is 11.3 Å². The number of amides is 1. The maximum atomic E-state index is 13.0. The molecule has 10 heteroatoms. The van der Waals surface area contributed by atoms with E-state index in [2.05, 4.69) is 10.6 Å². The van der Waals surface area contributed by atoms with Gasteiger partial charge < -0.3 is 24.8 Å². The van der Waals surface area contributed by atoms with E-state index in [1.165, 1.54) is 16.4 Å². The molecule has 0 spiro atoms. The molecular formula is C24H33N3O6S. The molecule has 0 aliphatic carbocycles. The largest absolute Gasteiger partial charge is 0.497 e. The van der Waals surface area contributed by atoms with Crippen molar-refractivity contribution in [2.45, 2.75) is 31.3 Å². The number of carbonyl (C=O) groups is 1. The number of ether oxygens (including phenoxy) is 3. The monoisotopic (exact) mass is 491 g/mol. The minimum absolute atomic E-state index is 0.0158. The second kappa shape index (κ2) is 12.0. The van der Waals surface area contributed by atoms with Crippen molar-refractivity contribution in [1.82, 2.24) is 9.62 Å². The highest BCUT2D eigenvalue weighted by Gasteiger charge is 2.27. The fraction of sp³-hybridized carbons (Fsp3) is 0.458. The van der Waals surface area contributed by atoms with Crippen LogP contribution in [0.15, 0.2) is 47.4 Å². The summed E-state index contributed by atoms with van der Waals surface area (Å²) < 4.78 is 43.7. The Bertz CT molecular complexity index is 1050. The summed E-state index contributed by atoms with van der Waals surface area (Å²) in [5.41, 5.74) is 1.54. The summed E-state index contributed by atoms with van der Waals surface area (Å²) in [6.45, 7) is 5.59. The van der Waals surface area contributed by atoms with Gasteiger partial charge in [0.2, 0.25) is 15.9 Å². The van der Waals surface area contributed by atoms with Crippen LogP contribution >= 0.6 is 0 Å². The summed E-state index contributed by atoms with van der Waals surface area (Å²) in [5, 5.41) is 5.91. The second-order valence-corrected chi connectivity index (χ2v) is 10.1. The van der Waals surface area contributed by atoms with Gasteiger partial charge in [-0.1, -0.05) is 12.1 Å². The predicted molar refractivity (Wildman–Crippen MR) is 130 cm³/mol. The number of nitrogens with one attached hydrogen (secondary N) is 2. The summed E-state index contributed by atoms with van der Waals surface area (Å²) >= 11 is 0. The van der Waals surface area contributed by atoms with Gasteiger partial charge in [0.25, 0.3) is 0 Å². The first kappa shape index (κ1) is 25.8. The summed E-state index contributed by atoms with van der Waals surface area (Å²) in [6.07, 6.45) is 0.575. The van der Waals surface area contributed by atoms with Gasteiger partial charge in [-0.2, -0.15) is 4.31 Å². The Labute approximate surface area is 201 Å². The van der Waals surface area contributed by atoms with E-state index in [1.54, 1.807) is 13.2 Å². The fourth-order valence-corrected chi connectivity index (χ4v) is 4.91. The molecule has 34 heavy (non-hydrogen) atoms. The molecule has 1 fully saturated rings. The topological polar surface area (TPSA) is 106 Å². The van der Waals surface area contributed by atoms with Crippen LogP contribution in [0.2, 0.25) is 0 Å². The molecule has 1 aliphatic rings. The maximum absolute atomic E-state index is 13.0. The van der Waals surface area contributed by atoms with E-state index in [1.807, 2.05) is 38.1 Å². The van der Waals surface area contributed by atoms with Crippen LogP contribution < -0.4 is 20.1 Å². The van der Waals surface area contributed by atoms with E-state index in [4.69, 9.17) is 14.2 Å². The van der Waals surface area contributed by atoms with Crippen LogP contribution in [0.4, 0.5) is 5.69 Å². The molecule has 2 aromatic rings. The van der Waals surface area contributed by atoms with Crippen LogP contribution in [0.5, 0.6) is 11.5 Å². The van der Waals surface area contributed by atoms with Crippen LogP contribution in [0.25, 0.3) is 0 Å². The first-order valence-electron chi connectivity index (χ1n) is 11.3. The van der Waals surface area contributed by atoms with Gasteiger partial charge in [0.1, 0.15) is 11.5 Å². The minimum atomic E-state index is -3.67. The van der Waals surface area contributed by atoms with Crippen molar-refractivity contribution in [3.63, 3.8) is 0 Å². The number of benzene rings is 2. The van der Waals surface area contributed by atoms with Crippen molar-refractivity contribution in [3.8, 4) is 11.5 Å². The number of hydrogen-bond acceptors (Lipinski definition) is 7. The molecule has 186 valence electrons. The highest BCUT2D eigenvalue weighted by Crippen LogP contribution is 2.30. The molecule has 9 nitrogen and oxygen atoms in total. The molecule has 1 aliphatic heterocycles. The molecule has 0 aromatic heterocycles. The lowest BCUT2D eigenvalue weighted by atomic mass is 10.1. The number of carbonyl (C=O) groups excluding carboxylic acids is 1.